The molecule has 1 saturated heterocycles. The summed E-state index contributed by atoms with van der Waals surface area (Å²) >= 11 is 0. The average Bonchev–Trinajstić information content (AvgIpc) is 2.64. The minimum atomic E-state index is -1.38. The predicted molar refractivity (Wildman–Crippen MR) is 98.4 cm³/mol. The lowest BCUT2D eigenvalue weighted by molar-refractivity contribution is 0.00578. The van der Waals surface area contributed by atoms with Crippen LogP contribution < -0.4 is 5.19 Å². The van der Waals surface area contributed by atoms with Gasteiger partial charge in [0.05, 0.1) is 19.3 Å². The van der Waals surface area contributed by atoms with E-state index in [0.29, 0.717) is 0 Å². The topological polar surface area (TPSA) is 18.5 Å². The number of rotatable bonds is 5. The van der Waals surface area contributed by atoms with Crippen LogP contribution in [0.25, 0.3) is 0 Å². The normalized spacial score (nSPS) is 20.7. The van der Waals surface area contributed by atoms with Crippen LogP contribution in [0, 0.1) is 0 Å². The molecule has 1 aromatic rings. The Hall–Kier alpha value is -0.838. The van der Waals surface area contributed by atoms with Crippen molar-refractivity contribution < 1.29 is 9.31 Å². The quantitative estimate of drug-likeness (QED) is 0.597. The van der Waals surface area contributed by atoms with Crippen molar-refractivity contribution in [2.24, 2.45) is 0 Å². The highest BCUT2D eigenvalue weighted by molar-refractivity contribution is 6.90. The van der Waals surface area contributed by atoms with Crippen molar-refractivity contribution in [1.29, 1.82) is 0 Å². The third-order valence-electron chi connectivity index (χ3n) is 4.98. The molecule has 1 aromatic carbocycles. The Labute approximate surface area is 137 Å². The van der Waals surface area contributed by atoms with Gasteiger partial charge in [-0.2, -0.15) is 0 Å². The Morgan fingerprint density at radius 1 is 0.955 bits per heavy atom. The molecule has 1 fully saturated rings. The van der Waals surface area contributed by atoms with Gasteiger partial charge < -0.3 is 9.31 Å². The predicted octanol–water partition coefficient (Wildman–Crippen LogP) is 4.25. The first-order valence-corrected chi connectivity index (χ1v) is 11.4. The van der Waals surface area contributed by atoms with Gasteiger partial charge in [0.15, 0.2) is 0 Å². The molecular weight excluding hydrogens is 287 g/mol. The van der Waals surface area contributed by atoms with Crippen molar-refractivity contribution in [3.8, 4) is 0 Å². The zero-order chi connectivity index (χ0) is 16.4. The maximum absolute atomic E-state index is 6.02. The highest BCUT2D eigenvalue weighted by Crippen LogP contribution is 2.37. The monoisotopic (exact) mass is 316 g/mol. The first-order chi connectivity index (χ1) is 10.1. The van der Waals surface area contributed by atoms with Crippen molar-refractivity contribution in [3.63, 3.8) is 0 Å². The lowest BCUT2D eigenvalue weighted by Gasteiger charge is -2.32. The number of hydrogen-bond acceptors (Lipinski definition) is 2. The molecule has 22 heavy (non-hydrogen) atoms. The van der Waals surface area contributed by atoms with E-state index in [9.17, 15) is 0 Å². The maximum Gasteiger partial charge on any atom is 0.461 e. The summed E-state index contributed by atoms with van der Waals surface area (Å²) in [6.07, 6.45) is 5.36. The summed E-state index contributed by atoms with van der Waals surface area (Å²) < 4.78 is 12.0. The summed E-state index contributed by atoms with van der Waals surface area (Å²) in [6.45, 7) is 13.2. The second-order valence-corrected chi connectivity index (χ2v) is 12.6. The molecule has 0 bridgehead atoms. The average molecular weight is 316 g/mol. The molecule has 2 rings (SSSR count). The lowest BCUT2D eigenvalue weighted by atomic mass is 9.85. The summed E-state index contributed by atoms with van der Waals surface area (Å²) in [5, 5.41) is 1.51. The highest BCUT2D eigenvalue weighted by Gasteiger charge is 2.50. The molecule has 0 amide bonds. The summed E-state index contributed by atoms with van der Waals surface area (Å²) in [5.41, 5.74) is -0.465. The van der Waals surface area contributed by atoms with Gasteiger partial charge >= 0.3 is 7.12 Å². The van der Waals surface area contributed by atoms with Crippen molar-refractivity contribution in [3.05, 3.63) is 42.5 Å². The Morgan fingerprint density at radius 2 is 1.50 bits per heavy atom. The fraction of sp³-hybridized carbons (Fsp3) is 0.556. The SMILES string of the molecule is CC1(C)OB(C/C=C\C[Si](C)(C)c2ccccc2)OC1(C)C. The number of allylic oxidation sites excluding steroid dienone is 2. The molecule has 0 aliphatic carbocycles. The van der Waals surface area contributed by atoms with Crippen LogP contribution >= 0.6 is 0 Å². The van der Waals surface area contributed by atoms with E-state index in [-0.39, 0.29) is 18.3 Å². The van der Waals surface area contributed by atoms with Gasteiger partial charge in [0.1, 0.15) is 0 Å². The third-order valence-corrected chi connectivity index (χ3v) is 8.13. The van der Waals surface area contributed by atoms with Crippen LogP contribution in [0.4, 0.5) is 0 Å². The van der Waals surface area contributed by atoms with E-state index in [1.165, 1.54) is 5.19 Å². The molecule has 0 N–H and O–H groups in total. The molecule has 4 heteroatoms. The minimum absolute atomic E-state index is 0.122. The molecule has 0 aromatic heterocycles. The maximum atomic E-state index is 6.02. The zero-order valence-corrected chi connectivity index (χ0v) is 15.8. The minimum Gasteiger partial charge on any atom is -0.403 e. The fourth-order valence-corrected chi connectivity index (χ4v) is 4.74. The van der Waals surface area contributed by atoms with Crippen molar-refractivity contribution in [2.45, 2.75) is 64.4 Å². The van der Waals surface area contributed by atoms with Crippen molar-refractivity contribution >= 4 is 20.4 Å². The summed E-state index contributed by atoms with van der Waals surface area (Å²) in [4.78, 5) is 0. The molecular formula is C18H29BO2Si. The van der Waals surface area contributed by atoms with Crippen LogP contribution in [0.5, 0.6) is 0 Å². The first kappa shape index (κ1) is 17.5. The second kappa shape index (κ2) is 6.34. The van der Waals surface area contributed by atoms with E-state index in [1.807, 2.05) is 0 Å². The Morgan fingerprint density at radius 3 is 2.05 bits per heavy atom. The summed E-state index contributed by atoms with van der Waals surface area (Å²) in [5.74, 6) is 0. The van der Waals surface area contributed by atoms with E-state index < -0.39 is 8.07 Å². The molecule has 1 aliphatic heterocycles. The molecule has 0 atom stereocenters. The standard InChI is InChI=1S/C18H29BO2Si/c1-17(2)18(3,4)21-19(20-17)14-10-11-15-22(5,6)16-12-8-7-9-13-16/h7-13H,14-15H2,1-6H3/b11-10-. The second-order valence-electron chi connectivity index (χ2n) is 7.85. The van der Waals surface area contributed by atoms with Gasteiger partial charge in [-0.1, -0.05) is 60.8 Å². The van der Waals surface area contributed by atoms with Crippen molar-refractivity contribution in [1.82, 2.24) is 0 Å². The van der Waals surface area contributed by atoms with Crippen molar-refractivity contribution in [2.75, 3.05) is 0 Å². The third kappa shape index (κ3) is 3.92. The fourth-order valence-electron chi connectivity index (χ4n) is 2.65. The Balaban J connectivity index is 1.87. The van der Waals surface area contributed by atoms with Crippen LogP contribution in [-0.4, -0.2) is 26.4 Å². The van der Waals surface area contributed by atoms with Gasteiger partial charge in [-0.15, -0.1) is 0 Å². The van der Waals surface area contributed by atoms with Gasteiger partial charge in [0, 0.05) is 6.32 Å². The lowest BCUT2D eigenvalue weighted by Crippen LogP contribution is -2.41. The molecule has 0 saturated carbocycles. The van der Waals surface area contributed by atoms with Gasteiger partial charge in [0.2, 0.25) is 0 Å². The van der Waals surface area contributed by atoms with E-state index in [0.717, 1.165) is 12.4 Å². The Kier molecular flexibility index (Phi) is 5.05. The van der Waals surface area contributed by atoms with Gasteiger partial charge in [-0.05, 0) is 33.7 Å². The largest absolute Gasteiger partial charge is 0.461 e. The first-order valence-electron chi connectivity index (χ1n) is 8.20. The number of benzene rings is 1. The summed E-state index contributed by atoms with van der Waals surface area (Å²) in [6, 6.07) is 12.0. The zero-order valence-electron chi connectivity index (χ0n) is 14.8. The Bertz CT molecular complexity index is 507. The van der Waals surface area contributed by atoms with Gasteiger partial charge in [-0.3, -0.25) is 0 Å². The smallest absolute Gasteiger partial charge is 0.403 e. The van der Waals surface area contributed by atoms with Crippen LogP contribution in [0.1, 0.15) is 27.7 Å². The number of hydrogen-bond donors (Lipinski definition) is 0. The summed E-state index contributed by atoms with van der Waals surface area (Å²) in [7, 11) is -1.50. The molecule has 120 valence electrons. The van der Waals surface area contributed by atoms with Crippen LogP contribution in [0.15, 0.2) is 42.5 Å². The molecule has 1 aliphatic rings. The molecule has 2 nitrogen and oxygen atoms in total. The molecule has 0 spiro atoms. The molecule has 1 heterocycles. The van der Waals surface area contributed by atoms with Crippen LogP contribution in [-0.2, 0) is 9.31 Å². The van der Waals surface area contributed by atoms with E-state index in [1.54, 1.807) is 0 Å². The molecule has 0 unspecified atom stereocenters. The van der Waals surface area contributed by atoms with E-state index >= 15 is 0 Å². The van der Waals surface area contributed by atoms with Gasteiger partial charge in [0.25, 0.3) is 0 Å². The van der Waals surface area contributed by atoms with E-state index in [4.69, 9.17) is 9.31 Å². The van der Waals surface area contributed by atoms with Gasteiger partial charge in [-0.25, -0.2) is 0 Å². The van der Waals surface area contributed by atoms with E-state index in [2.05, 4.69) is 83.3 Å². The van der Waals surface area contributed by atoms with Crippen LogP contribution in [0.3, 0.4) is 0 Å². The molecule has 0 radical (unpaired) electrons. The van der Waals surface area contributed by atoms with Crippen LogP contribution in [0.2, 0.25) is 25.5 Å². The highest BCUT2D eigenvalue weighted by atomic mass is 28.3.